The molecule has 480 valence electrons. The third kappa shape index (κ3) is 16.5. The molecule has 6 aromatic rings. The van der Waals surface area contributed by atoms with Crippen molar-refractivity contribution < 1.29 is 9.85 Å². The summed E-state index contributed by atoms with van der Waals surface area (Å²) >= 11 is 3.86. The van der Waals surface area contributed by atoms with Crippen LogP contribution in [-0.2, 0) is 10.8 Å². The van der Waals surface area contributed by atoms with Crippen LogP contribution in [0.3, 0.4) is 0 Å². The summed E-state index contributed by atoms with van der Waals surface area (Å²) in [4.78, 5) is 30.0. The van der Waals surface area contributed by atoms with E-state index in [0.717, 1.165) is 70.6 Å². The van der Waals surface area contributed by atoms with Gasteiger partial charge in [0.05, 0.1) is 9.85 Å². The fourth-order valence-electron chi connectivity index (χ4n) is 16.3. The van der Waals surface area contributed by atoms with Crippen LogP contribution < -0.4 is 0 Å². The molecule has 3 aliphatic carbocycles. The number of hydrogen-bond acceptors (Lipinski definition) is 6. The Bertz CT molecular complexity index is 3050. The fourth-order valence-corrected chi connectivity index (χ4v) is 18.3. The monoisotopic (exact) mass is 1240 g/mol. The van der Waals surface area contributed by atoms with Crippen molar-refractivity contribution in [2.45, 2.75) is 303 Å². The standard InChI is InChI=1S/C81H110N2O4S2/c1-7-11-15-19-23-27-31-35-50-80(51-36-32-28-24-20-16-12-8-2)74-54-62(42-46-68(74)70-48-44-64(82(84)85)56-76(70)80)78-58-72(60(5)88-78)66-40-39-41-67(66)73-59-79(89-61(73)6)63-43-47-69-71-49-45-65(83(86)87)57-77(71)81(75(69)55-63,52-37-33-29-25-21-17-13-9-3)53-38-34-30-26-22-18-14-10-4/h42-49,54-59H,7-41,50-53H2,1-6H3. The van der Waals surface area contributed by atoms with Crippen LogP contribution in [0.2, 0.25) is 0 Å². The fraction of sp³-hybridized carbons (Fsp3) is 0.580. The molecule has 0 saturated heterocycles. The van der Waals surface area contributed by atoms with Gasteiger partial charge in [-0.25, -0.2) is 0 Å². The van der Waals surface area contributed by atoms with Crippen molar-refractivity contribution in [2.24, 2.45) is 0 Å². The van der Waals surface area contributed by atoms with Crippen molar-refractivity contribution in [2.75, 3.05) is 0 Å². The van der Waals surface area contributed by atoms with Gasteiger partial charge in [-0.2, -0.15) is 0 Å². The van der Waals surface area contributed by atoms with Gasteiger partial charge in [-0.1, -0.05) is 257 Å². The van der Waals surface area contributed by atoms with Crippen molar-refractivity contribution >= 4 is 45.2 Å². The molecule has 0 fully saturated rings. The van der Waals surface area contributed by atoms with E-state index < -0.39 is 0 Å². The summed E-state index contributed by atoms with van der Waals surface area (Å²) in [7, 11) is 0. The lowest BCUT2D eigenvalue weighted by Gasteiger charge is -2.33. The molecule has 8 heteroatoms. The molecule has 2 heterocycles. The molecule has 0 amide bonds. The van der Waals surface area contributed by atoms with Crippen LogP contribution in [0.15, 0.2) is 84.9 Å². The molecule has 6 nitrogen and oxygen atoms in total. The number of nitrogens with zero attached hydrogens (tertiary/aromatic N) is 2. The van der Waals surface area contributed by atoms with E-state index in [0.29, 0.717) is 0 Å². The minimum absolute atomic E-state index is 0.182. The quantitative estimate of drug-likeness (QED) is 0.0217. The van der Waals surface area contributed by atoms with Gasteiger partial charge in [0, 0.05) is 54.6 Å². The summed E-state index contributed by atoms with van der Waals surface area (Å²) in [5.41, 5.74) is 18.3. The second-order valence-corrected chi connectivity index (χ2v) is 30.0. The lowest BCUT2D eigenvalue weighted by Crippen LogP contribution is -2.25. The number of unbranched alkanes of at least 4 members (excludes halogenated alkanes) is 28. The molecule has 0 radical (unpaired) electrons. The predicted molar refractivity (Wildman–Crippen MR) is 384 cm³/mol. The van der Waals surface area contributed by atoms with Crippen LogP contribution in [0.1, 0.15) is 321 Å². The van der Waals surface area contributed by atoms with Gasteiger partial charge < -0.3 is 0 Å². The summed E-state index contributed by atoms with van der Waals surface area (Å²) in [6.45, 7) is 13.8. The highest BCUT2D eigenvalue weighted by atomic mass is 32.1. The van der Waals surface area contributed by atoms with Gasteiger partial charge in [-0.3, -0.25) is 20.2 Å². The zero-order valence-corrected chi connectivity index (χ0v) is 57.6. The number of benzene rings is 4. The van der Waals surface area contributed by atoms with Crippen molar-refractivity contribution in [1.82, 2.24) is 0 Å². The van der Waals surface area contributed by atoms with Crippen molar-refractivity contribution in [1.29, 1.82) is 0 Å². The molecular formula is C81H110N2O4S2. The van der Waals surface area contributed by atoms with Gasteiger partial charge in [-0.05, 0) is 173 Å². The lowest BCUT2D eigenvalue weighted by molar-refractivity contribution is -0.385. The Labute approximate surface area is 545 Å². The van der Waals surface area contributed by atoms with E-state index >= 15 is 0 Å². The zero-order chi connectivity index (χ0) is 62.6. The van der Waals surface area contributed by atoms with Crippen molar-refractivity contribution in [3.8, 4) is 43.1 Å². The first-order valence-corrected chi connectivity index (χ1v) is 37.9. The van der Waals surface area contributed by atoms with Crippen molar-refractivity contribution in [3.05, 3.63) is 148 Å². The maximum absolute atomic E-state index is 12.5. The lowest BCUT2D eigenvalue weighted by atomic mass is 9.70. The largest absolute Gasteiger partial charge is 0.269 e. The predicted octanol–water partition coefficient (Wildman–Crippen LogP) is 27.3. The number of nitro groups is 2. The second-order valence-electron chi connectivity index (χ2n) is 27.5. The summed E-state index contributed by atoms with van der Waals surface area (Å²) in [6.07, 6.45) is 47.9. The first kappa shape index (κ1) is 68.2. The molecule has 4 aromatic carbocycles. The maximum Gasteiger partial charge on any atom is 0.269 e. The van der Waals surface area contributed by atoms with Gasteiger partial charge in [0.15, 0.2) is 0 Å². The van der Waals surface area contributed by atoms with Crippen LogP contribution in [0.5, 0.6) is 0 Å². The Balaban J connectivity index is 1.02. The Hall–Kier alpha value is -5.18. The van der Waals surface area contributed by atoms with E-state index in [4.69, 9.17) is 0 Å². The minimum atomic E-state index is -0.257. The Morgan fingerprint density at radius 3 is 0.910 bits per heavy atom. The van der Waals surface area contributed by atoms with Crippen LogP contribution in [0.4, 0.5) is 11.4 Å². The SMILES string of the molecule is CCCCCCCCCCC1(CCCCCCCCCC)c2cc(-c3cc(C4=C(c5cc(-c6ccc7c(c6)C(CCCCCCCCCC)(CCCCCCCCCC)c6cc([N+](=O)[O-])ccc6-7)sc5C)CCC4)c(C)s3)ccc2-c2ccc([N+](=O)[O-])cc21. The average molecular weight is 1240 g/mol. The molecule has 0 saturated carbocycles. The number of nitro benzene ring substituents is 2. The van der Waals surface area contributed by atoms with E-state index in [1.807, 2.05) is 34.8 Å². The van der Waals surface area contributed by atoms with Gasteiger partial charge in [0.1, 0.15) is 0 Å². The van der Waals surface area contributed by atoms with E-state index in [1.54, 1.807) is 12.1 Å². The molecule has 0 unspecified atom stereocenters. The average Bonchev–Trinajstić information content (AvgIpc) is 1.86. The highest BCUT2D eigenvalue weighted by Crippen LogP contribution is 2.59. The van der Waals surface area contributed by atoms with Crippen LogP contribution in [-0.4, -0.2) is 9.85 Å². The van der Waals surface area contributed by atoms with Crippen LogP contribution in [0.25, 0.3) is 54.3 Å². The number of allylic oxidation sites excluding steroid dienone is 2. The molecule has 89 heavy (non-hydrogen) atoms. The van der Waals surface area contributed by atoms with Crippen LogP contribution in [0, 0.1) is 34.1 Å². The summed E-state index contributed by atoms with van der Waals surface area (Å²) in [5.74, 6) is 0. The van der Waals surface area contributed by atoms with E-state index in [-0.39, 0.29) is 32.1 Å². The highest BCUT2D eigenvalue weighted by Gasteiger charge is 2.45. The number of aryl methyl sites for hydroxylation is 2. The molecule has 3 aliphatic rings. The summed E-state index contributed by atoms with van der Waals surface area (Å²) in [6, 6.07) is 31.0. The van der Waals surface area contributed by atoms with Gasteiger partial charge in [0.2, 0.25) is 0 Å². The van der Waals surface area contributed by atoms with Gasteiger partial charge in [0.25, 0.3) is 11.4 Å². The molecule has 0 bridgehead atoms. The van der Waals surface area contributed by atoms with E-state index in [9.17, 15) is 20.2 Å². The number of fused-ring (bicyclic) bond motifs is 6. The summed E-state index contributed by atoms with van der Waals surface area (Å²) in [5, 5.41) is 25.1. The Morgan fingerprint density at radius 1 is 0.348 bits per heavy atom. The molecule has 0 N–H and O–H groups in total. The summed E-state index contributed by atoms with van der Waals surface area (Å²) < 4.78 is 0. The topological polar surface area (TPSA) is 86.3 Å². The molecule has 0 atom stereocenters. The van der Waals surface area contributed by atoms with E-state index in [2.05, 4.69) is 102 Å². The first-order chi connectivity index (χ1) is 43.5. The van der Waals surface area contributed by atoms with E-state index in [1.165, 1.54) is 277 Å². The van der Waals surface area contributed by atoms with Gasteiger partial charge in [-0.15, -0.1) is 22.7 Å². The Morgan fingerprint density at radius 2 is 0.618 bits per heavy atom. The molecule has 2 aromatic heterocycles. The minimum Gasteiger partial charge on any atom is -0.258 e. The number of thiophene rings is 2. The number of rotatable bonds is 42. The third-order valence-electron chi connectivity index (χ3n) is 21.2. The normalized spacial score (nSPS) is 14.4. The molecule has 0 spiro atoms. The molecule has 0 aliphatic heterocycles. The second kappa shape index (κ2) is 33.9. The highest BCUT2D eigenvalue weighted by molar-refractivity contribution is 7.16. The maximum atomic E-state index is 12.5. The third-order valence-corrected chi connectivity index (χ3v) is 23.4. The number of hydrogen-bond donors (Lipinski definition) is 0. The smallest absolute Gasteiger partial charge is 0.258 e. The first-order valence-electron chi connectivity index (χ1n) is 36.3. The Kier molecular flexibility index (Phi) is 26.0. The molecular weight excluding hydrogens is 1130 g/mol. The van der Waals surface area contributed by atoms with Gasteiger partial charge >= 0.3 is 0 Å². The molecule has 9 rings (SSSR count). The zero-order valence-electron chi connectivity index (χ0n) is 56.0. The number of non-ortho nitro benzene ring substituents is 2. The van der Waals surface area contributed by atoms with Crippen molar-refractivity contribution in [3.63, 3.8) is 0 Å². The van der Waals surface area contributed by atoms with Crippen LogP contribution >= 0.6 is 22.7 Å².